The van der Waals surface area contributed by atoms with Gasteiger partial charge in [-0.05, 0) is 37.5 Å². The molecule has 0 amide bonds. The Balaban J connectivity index is 3.52. The van der Waals surface area contributed by atoms with E-state index >= 15 is 0 Å². The number of aliphatic hydroxyl groups is 1. The van der Waals surface area contributed by atoms with Crippen molar-refractivity contribution in [1.29, 1.82) is 0 Å². The fraction of sp³-hybridized carbons (Fsp3) is 0.455. The molecule has 4 heteroatoms. The Morgan fingerprint density at radius 1 is 1.00 bits per heavy atom. The van der Waals surface area contributed by atoms with Crippen molar-refractivity contribution in [1.82, 2.24) is 0 Å². The van der Waals surface area contributed by atoms with Crippen LogP contribution in [0, 0.1) is 20.8 Å². The summed E-state index contributed by atoms with van der Waals surface area (Å²) in [6.07, 6.45) is -0.810. The van der Waals surface area contributed by atoms with Crippen molar-refractivity contribution in [3.05, 3.63) is 22.3 Å². The first-order chi connectivity index (χ1) is 6.91. The molecular formula is C11H17NO3. The van der Waals surface area contributed by atoms with E-state index in [1.54, 1.807) is 20.8 Å². The van der Waals surface area contributed by atoms with E-state index < -0.39 is 6.10 Å². The fourth-order valence-electron chi connectivity index (χ4n) is 1.76. The summed E-state index contributed by atoms with van der Waals surface area (Å²) in [4.78, 5) is 0. The highest BCUT2D eigenvalue weighted by molar-refractivity contribution is 5.57. The summed E-state index contributed by atoms with van der Waals surface area (Å²) in [6.45, 7) is 5.22. The number of aromatic hydroxyl groups is 2. The maximum atomic E-state index is 9.71. The average molecular weight is 211 g/mol. The molecule has 0 bridgehead atoms. The van der Waals surface area contributed by atoms with Crippen LogP contribution in [0.3, 0.4) is 0 Å². The molecule has 1 unspecified atom stereocenters. The zero-order valence-electron chi connectivity index (χ0n) is 9.20. The van der Waals surface area contributed by atoms with Crippen LogP contribution in [0.1, 0.15) is 28.4 Å². The van der Waals surface area contributed by atoms with E-state index in [0.29, 0.717) is 16.7 Å². The first-order valence-corrected chi connectivity index (χ1v) is 4.81. The van der Waals surface area contributed by atoms with Crippen LogP contribution in [-0.2, 0) is 0 Å². The normalized spacial score (nSPS) is 12.9. The van der Waals surface area contributed by atoms with Gasteiger partial charge >= 0.3 is 0 Å². The van der Waals surface area contributed by atoms with Crippen molar-refractivity contribution in [2.24, 2.45) is 5.73 Å². The lowest BCUT2D eigenvalue weighted by atomic mass is 9.92. The van der Waals surface area contributed by atoms with E-state index in [2.05, 4.69) is 0 Å². The van der Waals surface area contributed by atoms with Crippen LogP contribution < -0.4 is 5.73 Å². The Hall–Kier alpha value is -1.26. The number of hydrogen-bond donors (Lipinski definition) is 4. The Labute approximate surface area is 89.0 Å². The van der Waals surface area contributed by atoms with Crippen LogP contribution in [0.15, 0.2) is 0 Å². The Morgan fingerprint density at radius 2 is 1.47 bits per heavy atom. The molecule has 0 fully saturated rings. The predicted octanol–water partition coefficient (Wildman–Crippen LogP) is 1.02. The number of rotatable bonds is 2. The van der Waals surface area contributed by atoms with Crippen molar-refractivity contribution in [2.75, 3.05) is 6.54 Å². The number of hydrogen-bond acceptors (Lipinski definition) is 4. The number of aliphatic hydroxyl groups excluding tert-OH is 1. The smallest absolute Gasteiger partial charge is 0.161 e. The number of phenolic OH excluding ortho intramolecular Hbond substituents is 2. The van der Waals surface area contributed by atoms with E-state index in [1.165, 1.54) is 0 Å². The largest absolute Gasteiger partial charge is 0.504 e. The van der Waals surface area contributed by atoms with Crippen molar-refractivity contribution in [3.8, 4) is 11.5 Å². The molecule has 1 rings (SSSR count). The third-order valence-corrected chi connectivity index (χ3v) is 2.86. The highest BCUT2D eigenvalue weighted by Gasteiger charge is 2.20. The van der Waals surface area contributed by atoms with Crippen molar-refractivity contribution >= 4 is 0 Å². The van der Waals surface area contributed by atoms with Gasteiger partial charge in [0.2, 0.25) is 0 Å². The van der Waals surface area contributed by atoms with E-state index in [0.717, 1.165) is 5.56 Å². The first-order valence-electron chi connectivity index (χ1n) is 4.81. The van der Waals surface area contributed by atoms with E-state index in [-0.39, 0.29) is 18.0 Å². The molecule has 84 valence electrons. The van der Waals surface area contributed by atoms with Crippen LogP contribution in [0.4, 0.5) is 0 Å². The Morgan fingerprint density at radius 3 is 1.93 bits per heavy atom. The van der Waals surface area contributed by atoms with Crippen LogP contribution in [0.2, 0.25) is 0 Å². The molecule has 0 saturated heterocycles. The summed E-state index contributed by atoms with van der Waals surface area (Å²) in [5, 5.41) is 28.9. The molecule has 0 aliphatic rings. The van der Waals surface area contributed by atoms with Gasteiger partial charge in [0, 0.05) is 12.1 Å². The summed E-state index contributed by atoms with van der Waals surface area (Å²) in [6, 6.07) is 0. The number of nitrogens with two attached hydrogens (primary N) is 1. The molecule has 5 N–H and O–H groups in total. The summed E-state index contributed by atoms with van der Waals surface area (Å²) in [5.41, 5.74) is 7.80. The molecule has 1 aromatic carbocycles. The van der Waals surface area contributed by atoms with E-state index in [9.17, 15) is 15.3 Å². The molecule has 0 radical (unpaired) electrons. The van der Waals surface area contributed by atoms with Gasteiger partial charge in [-0.15, -0.1) is 0 Å². The van der Waals surface area contributed by atoms with Gasteiger partial charge in [-0.25, -0.2) is 0 Å². The lowest BCUT2D eigenvalue weighted by molar-refractivity contribution is 0.184. The first kappa shape index (κ1) is 11.8. The highest BCUT2D eigenvalue weighted by Crippen LogP contribution is 2.39. The zero-order chi connectivity index (χ0) is 11.7. The Kier molecular flexibility index (Phi) is 3.21. The zero-order valence-corrected chi connectivity index (χ0v) is 9.20. The van der Waals surface area contributed by atoms with Gasteiger partial charge in [-0.2, -0.15) is 0 Å². The highest BCUT2D eigenvalue weighted by atomic mass is 16.3. The molecule has 1 atom stereocenters. The van der Waals surface area contributed by atoms with Gasteiger partial charge < -0.3 is 21.1 Å². The fourth-order valence-corrected chi connectivity index (χ4v) is 1.76. The van der Waals surface area contributed by atoms with Gasteiger partial charge in [0.15, 0.2) is 11.5 Å². The molecule has 0 saturated carbocycles. The molecule has 0 aliphatic carbocycles. The lowest BCUT2D eigenvalue weighted by Gasteiger charge is -2.19. The van der Waals surface area contributed by atoms with Crippen molar-refractivity contribution in [2.45, 2.75) is 26.9 Å². The molecule has 4 nitrogen and oxygen atoms in total. The SMILES string of the molecule is Cc1c(C)c(C(O)CN)c(C)c(O)c1O. The second kappa shape index (κ2) is 4.08. The van der Waals surface area contributed by atoms with E-state index in [4.69, 9.17) is 5.73 Å². The predicted molar refractivity (Wildman–Crippen MR) is 58.0 cm³/mol. The maximum absolute atomic E-state index is 9.71. The summed E-state index contributed by atoms with van der Waals surface area (Å²) in [5.74, 6) is -0.307. The van der Waals surface area contributed by atoms with Crippen molar-refractivity contribution in [3.63, 3.8) is 0 Å². The summed E-state index contributed by atoms with van der Waals surface area (Å²) in [7, 11) is 0. The van der Waals surface area contributed by atoms with Crippen molar-refractivity contribution < 1.29 is 15.3 Å². The quantitative estimate of drug-likeness (QED) is 0.550. The van der Waals surface area contributed by atoms with E-state index in [1.807, 2.05) is 0 Å². The molecule has 1 aromatic rings. The molecule has 0 spiro atoms. The topological polar surface area (TPSA) is 86.7 Å². The van der Waals surface area contributed by atoms with Gasteiger partial charge in [0.1, 0.15) is 0 Å². The number of phenols is 2. The van der Waals surface area contributed by atoms with Gasteiger partial charge in [-0.1, -0.05) is 0 Å². The minimum atomic E-state index is -0.810. The molecular weight excluding hydrogens is 194 g/mol. The van der Waals surface area contributed by atoms with Gasteiger partial charge in [0.25, 0.3) is 0 Å². The standard InChI is InChI=1S/C11H17NO3/c1-5-6(2)10(14)11(15)7(3)9(5)8(13)4-12/h8,13-15H,4,12H2,1-3H3. The van der Waals surface area contributed by atoms with Gasteiger partial charge in [0.05, 0.1) is 6.10 Å². The molecule has 0 heterocycles. The minimum Gasteiger partial charge on any atom is -0.504 e. The van der Waals surface area contributed by atoms with Crippen LogP contribution in [0.25, 0.3) is 0 Å². The molecule has 0 aromatic heterocycles. The summed E-state index contributed by atoms with van der Waals surface area (Å²) < 4.78 is 0. The third kappa shape index (κ3) is 1.78. The van der Waals surface area contributed by atoms with Crippen LogP contribution in [-0.4, -0.2) is 21.9 Å². The lowest BCUT2D eigenvalue weighted by Crippen LogP contribution is -2.14. The van der Waals surface area contributed by atoms with Crippen LogP contribution in [0.5, 0.6) is 11.5 Å². The monoisotopic (exact) mass is 211 g/mol. The minimum absolute atomic E-state index is 0.0886. The second-order valence-electron chi connectivity index (χ2n) is 3.74. The molecule has 0 aliphatic heterocycles. The summed E-state index contributed by atoms with van der Waals surface area (Å²) >= 11 is 0. The third-order valence-electron chi connectivity index (χ3n) is 2.86. The molecule has 15 heavy (non-hydrogen) atoms. The Bertz CT molecular complexity index is 359. The van der Waals surface area contributed by atoms with Crippen LogP contribution >= 0.6 is 0 Å². The average Bonchev–Trinajstić information content (AvgIpc) is 2.23. The van der Waals surface area contributed by atoms with Gasteiger partial charge in [-0.3, -0.25) is 0 Å². The second-order valence-corrected chi connectivity index (χ2v) is 3.74. The number of benzene rings is 1. The maximum Gasteiger partial charge on any atom is 0.161 e.